The lowest BCUT2D eigenvalue weighted by atomic mass is 10.0. The molecule has 2 N–H and O–H groups in total. The number of carbonyl (C=O) groups excluding carboxylic acids is 1. The van der Waals surface area contributed by atoms with Gasteiger partial charge in [-0.05, 0) is 31.0 Å². The fourth-order valence-electron chi connectivity index (χ4n) is 1.17. The normalized spacial score (nSPS) is 10.2. The highest BCUT2D eigenvalue weighted by Gasteiger charge is 2.16. The molecule has 3 nitrogen and oxygen atoms in total. The van der Waals surface area contributed by atoms with Gasteiger partial charge in [0.1, 0.15) is 11.5 Å². The third-order valence-electron chi connectivity index (χ3n) is 2.26. The molecular formula is C10H11ClO3. The zero-order chi connectivity index (χ0) is 10.9. The van der Waals surface area contributed by atoms with E-state index in [-0.39, 0.29) is 22.9 Å². The molecule has 0 aliphatic carbocycles. The summed E-state index contributed by atoms with van der Waals surface area (Å²) >= 11 is 5.36. The van der Waals surface area contributed by atoms with Crippen LogP contribution in [0, 0.1) is 13.8 Å². The van der Waals surface area contributed by atoms with Crippen LogP contribution in [0.4, 0.5) is 0 Å². The molecule has 0 fully saturated rings. The van der Waals surface area contributed by atoms with Gasteiger partial charge in [0.15, 0.2) is 5.78 Å². The number of carbonyl (C=O) groups is 1. The van der Waals surface area contributed by atoms with Gasteiger partial charge in [-0.3, -0.25) is 4.79 Å². The molecule has 0 bridgehead atoms. The molecule has 0 aliphatic heterocycles. The van der Waals surface area contributed by atoms with Crippen LogP contribution in [-0.4, -0.2) is 21.9 Å². The minimum atomic E-state index is -0.400. The van der Waals surface area contributed by atoms with Crippen LogP contribution >= 0.6 is 11.6 Å². The Morgan fingerprint density at radius 2 is 1.93 bits per heavy atom. The molecule has 0 atom stereocenters. The third kappa shape index (κ3) is 1.68. The van der Waals surface area contributed by atoms with Crippen LogP contribution in [0.1, 0.15) is 21.5 Å². The van der Waals surface area contributed by atoms with Gasteiger partial charge in [-0.25, -0.2) is 0 Å². The van der Waals surface area contributed by atoms with Crippen LogP contribution in [0.25, 0.3) is 0 Å². The Morgan fingerprint density at radius 1 is 1.36 bits per heavy atom. The van der Waals surface area contributed by atoms with Gasteiger partial charge >= 0.3 is 0 Å². The summed E-state index contributed by atoms with van der Waals surface area (Å²) in [6.45, 7) is 3.30. The van der Waals surface area contributed by atoms with Crippen molar-refractivity contribution < 1.29 is 15.0 Å². The van der Waals surface area contributed by atoms with Crippen molar-refractivity contribution >= 4 is 17.4 Å². The lowest BCUT2D eigenvalue weighted by molar-refractivity contribution is 0.101. The molecule has 1 rings (SSSR count). The summed E-state index contributed by atoms with van der Waals surface area (Å²) in [6.07, 6.45) is 0. The minimum Gasteiger partial charge on any atom is -0.508 e. The fraction of sp³-hybridized carbons (Fsp3) is 0.300. The van der Waals surface area contributed by atoms with E-state index >= 15 is 0 Å². The van der Waals surface area contributed by atoms with Crippen molar-refractivity contribution in [3.05, 3.63) is 22.8 Å². The molecule has 0 spiro atoms. The number of halogens is 1. The molecule has 0 amide bonds. The van der Waals surface area contributed by atoms with Crippen molar-refractivity contribution in [3.8, 4) is 11.5 Å². The van der Waals surface area contributed by atoms with Crippen molar-refractivity contribution in [2.24, 2.45) is 0 Å². The fourth-order valence-corrected chi connectivity index (χ4v) is 1.31. The summed E-state index contributed by atoms with van der Waals surface area (Å²) in [7, 11) is 0. The molecular weight excluding hydrogens is 204 g/mol. The molecule has 0 heterocycles. The van der Waals surface area contributed by atoms with Crippen LogP contribution in [-0.2, 0) is 0 Å². The lowest BCUT2D eigenvalue weighted by Gasteiger charge is -2.09. The first kappa shape index (κ1) is 10.9. The average Bonchev–Trinajstić information content (AvgIpc) is 2.19. The number of aromatic hydroxyl groups is 2. The van der Waals surface area contributed by atoms with Crippen molar-refractivity contribution in [2.45, 2.75) is 13.8 Å². The van der Waals surface area contributed by atoms with E-state index in [0.717, 1.165) is 0 Å². The topological polar surface area (TPSA) is 57.5 Å². The molecule has 76 valence electrons. The van der Waals surface area contributed by atoms with Gasteiger partial charge in [0, 0.05) is 0 Å². The monoisotopic (exact) mass is 214 g/mol. The highest BCUT2D eigenvalue weighted by Crippen LogP contribution is 2.32. The second-order valence-electron chi connectivity index (χ2n) is 3.10. The van der Waals surface area contributed by atoms with Crippen LogP contribution in [0.3, 0.4) is 0 Å². The molecule has 4 heteroatoms. The molecule has 14 heavy (non-hydrogen) atoms. The van der Waals surface area contributed by atoms with Gasteiger partial charge < -0.3 is 10.2 Å². The Morgan fingerprint density at radius 3 is 2.43 bits per heavy atom. The predicted molar refractivity (Wildman–Crippen MR) is 54.3 cm³/mol. The highest BCUT2D eigenvalue weighted by atomic mass is 35.5. The average molecular weight is 215 g/mol. The Balaban J connectivity index is 3.40. The minimum absolute atomic E-state index is 0.00577. The number of hydrogen-bond donors (Lipinski definition) is 2. The smallest absolute Gasteiger partial charge is 0.181 e. The number of phenolic OH excluding ortho intramolecular Hbond substituents is 2. The van der Waals surface area contributed by atoms with Gasteiger partial charge in [-0.15, -0.1) is 11.6 Å². The van der Waals surface area contributed by atoms with Crippen molar-refractivity contribution in [3.63, 3.8) is 0 Å². The van der Waals surface area contributed by atoms with E-state index in [0.29, 0.717) is 11.1 Å². The van der Waals surface area contributed by atoms with Crippen LogP contribution in [0.2, 0.25) is 0 Å². The van der Waals surface area contributed by atoms with E-state index in [9.17, 15) is 15.0 Å². The highest BCUT2D eigenvalue weighted by molar-refractivity contribution is 6.30. The Labute approximate surface area is 86.9 Å². The van der Waals surface area contributed by atoms with Gasteiger partial charge in [-0.1, -0.05) is 0 Å². The van der Waals surface area contributed by atoms with Gasteiger partial charge in [0.2, 0.25) is 0 Å². The number of ketones is 1. The molecule has 0 saturated heterocycles. The number of benzene rings is 1. The second-order valence-corrected chi connectivity index (χ2v) is 3.37. The zero-order valence-electron chi connectivity index (χ0n) is 7.97. The third-order valence-corrected chi connectivity index (χ3v) is 2.50. The second kappa shape index (κ2) is 3.88. The van der Waals surface area contributed by atoms with Crippen molar-refractivity contribution in [1.82, 2.24) is 0 Å². The van der Waals surface area contributed by atoms with Crippen LogP contribution in [0.5, 0.6) is 11.5 Å². The van der Waals surface area contributed by atoms with Crippen molar-refractivity contribution in [1.29, 1.82) is 0 Å². The molecule has 0 aliphatic rings. The van der Waals surface area contributed by atoms with E-state index in [4.69, 9.17) is 11.6 Å². The number of phenols is 2. The maximum Gasteiger partial charge on any atom is 0.181 e. The first-order valence-corrected chi connectivity index (χ1v) is 4.63. The van der Waals surface area contributed by atoms with Crippen LogP contribution < -0.4 is 0 Å². The summed E-state index contributed by atoms with van der Waals surface area (Å²) < 4.78 is 0. The first-order chi connectivity index (χ1) is 6.49. The standard InChI is InChI=1S/C10H11ClO3/c1-5-6(2)10(14)7(3-8(5)12)9(13)4-11/h3,12,14H,4H2,1-2H3. The van der Waals surface area contributed by atoms with Crippen LogP contribution in [0.15, 0.2) is 6.07 Å². The van der Waals surface area contributed by atoms with E-state index in [2.05, 4.69) is 0 Å². The Kier molecular flexibility index (Phi) is 3.01. The molecule has 0 radical (unpaired) electrons. The molecule has 1 aromatic rings. The van der Waals surface area contributed by atoms with Gasteiger partial charge in [-0.2, -0.15) is 0 Å². The number of alkyl halides is 1. The van der Waals surface area contributed by atoms with Crippen molar-refractivity contribution in [2.75, 3.05) is 5.88 Å². The lowest BCUT2D eigenvalue weighted by Crippen LogP contribution is -2.02. The van der Waals surface area contributed by atoms with Gasteiger partial charge in [0.05, 0.1) is 11.4 Å². The SMILES string of the molecule is Cc1c(O)cc(C(=O)CCl)c(O)c1C. The quantitative estimate of drug-likeness (QED) is 0.451. The summed E-state index contributed by atoms with van der Waals surface area (Å²) in [4.78, 5) is 11.2. The number of rotatable bonds is 2. The summed E-state index contributed by atoms with van der Waals surface area (Å²) in [5.41, 5.74) is 1.13. The molecule has 1 aromatic carbocycles. The number of hydrogen-bond acceptors (Lipinski definition) is 3. The maximum absolute atomic E-state index is 11.2. The van der Waals surface area contributed by atoms with E-state index < -0.39 is 5.78 Å². The first-order valence-electron chi connectivity index (χ1n) is 4.10. The summed E-state index contributed by atoms with van der Waals surface area (Å²) in [5.74, 6) is -0.725. The molecule has 0 aromatic heterocycles. The Hall–Kier alpha value is -1.22. The van der Waals surface area contributed by atoms with Gasteiger partial charge in [0.25, 0.3) is 0 Å². The zero-order valence-corrected chi connectivity index (χ0v) is 8.72. The molecule has 0 unspecified atom stereocenters. The van der Waals surface area contributed by atoms with E-state index in [1.54, 1.807) is 13.8 Å². The Bertz CT molecular complexity index is 385. The maximum atomic E-state index is 11.2. The largest absolute Gasteiger partial charge is 0.508 e. The van der Waals surface area contributed by atoms with E-state index in [1.807, 2.05) is 0 Å². The predicted octanol–water partition coefficient (Wildman–Crippen LogP) is 2.14. The summed E-state index contributed by atoms with van der Waals surface area (Å²) in [5, 5.41) is 19.1. The number of Topliss-reactive ketones (excluding diaryl/α,β-unsaturated/α-hetero) is 1. The summed E-state index contributed by atoms with van der Waals surface area (Å²) in [6, 6.07) is 1.24. The van der Waals surface area contributed by atoms with E-state index in [1.165, 1.54) is 6.07 Å². The molecule has 0 saturated carbocycles.